The lowest BCUT2D eigenvalue weighted by atomic mass is 11.5. The molecule has 50 valence electrons. The van der Waals surface area contributed by atoms with E-state index in [1.165, 1.54) is 0 Å². The van der Waals surface area contributed by atoms with Gasteiger partial charge in [-0.1, -0.05) is 0 Å². The summed E-state index contributed by atoms with van der Waals surface area (Å²) in [5.41, 5.74) is 0. The highest BCUT2D eigenvalue weighted by molar-refractivity contribution is 7.80. The first-order chi connectivity index (χ1) is 3.42. The molecule has 0 atom stereocenters. The van der Waals surface area contributed by atoms with Crippen molar-refractivity contribution in [3.63, 3.8) is 0 Å². The third-order valence-corrected chi connectivity index (χ3v) is 0.635. The second-order valence-corrected chi connectivity index (χ2v) is 2.05. The standard InChI is InChI=1S/CH6N2O4S/c1-3(2)7-8(4,5)6/h2H2,1H3,(H,4,5,6). The zero-order valence-corrected chi connectivity index (χ0v) is 4.92. The Labute approximate surface area is 46.7 Å². The SMILES string of the molecule is CN(N)OS(=O)(=O)O. The number of hydroxylamine groups is 1. The second-order valence-electron chi connectivity index (χ2n) is 1.05. The van der Waals surface area contributed by atoms with E-state index < -0.39 is 10.4 Å². The number of hydrogen-bond acceptors (Lipinski definition) is 5. The molecule has 0 radical (unpaired) electrons. The molecule has 0 fully saturated rings. The Hall–Kier alpha value is -0.210. The van der Waals surface area contributed by atoms with E-state index in [-0.39, 0.29) is 0 Å². The third-order valence-electron chi connectivity index (χ3n) is 0.212. The van der Waals surface area contributed by atoms with E-state index in [0.717, 1.165) is 7.05 Å². The van der Waals surface area contributed by atoms with Gasteiger partial charge in [0.2, 0.25) is 0 Å². The molecule has 0 aromatic heterocycles. The molecular weight excluding hydrogens is 136 g/mol. The molecule has 0 aliphatic rings. The third kappa shape index (κ3) is 5.79. The van der Waals surface area contributed by atoms with Gasteiger partial charge in [0.1, 0.15) is 0 Å². The van der Waals surface area contributed by atoms with E-state index in [1.807, 2.05) is 0 Å². The van der Waals surface area contributed by atoms with Gasteiger partial charge in [-0.05, 0) is 0 Å². The summed E-state index contributed by atoms with van der Waals surface area (Å²) in [6.45, 7) is 0. The smallest absolute Gasteiger partial charge is 0.262 e. The van der Waals surface area contributed by atoms with Gasteiger partial charge in [0, 0.05) is 7.05 Å². The Morgan fingerprint density at radius 2 is 2.12 bits per heavy atom. The molecule has 0 aromatic rings. The van der Waals surface area contributed by atoms with Crippen LogP contribution in [0.3, 0.4) is 0 Å². The van der Waals surface area contributed by atoms with E-state index in [9.17, 15) is 8.42 Å². The highest BCUT2D eigenvalue weighted by Crippen LogP contribution is 1.83. The molecule has 0 rings (SSSR count). The van der Waals surface area contributed by atoms with Gasteiger partial charge in [-0.15, -0.1) is 9.46 Å². The monoisotopic (exact) mass is 142 g/mol. The Balaban J connectivity index is 3.75. The van der Waals surface area contributed by atoms with E-state index >= 15 is 0 Å². The molecule has 0 aliphatic heterocycles. The van der Waals surface area contributed by atoms with Gasteiger partial charge in [0.25, 0.3) is 0 Å². The van der Waals surface area contributed by atoms with Crippen LogP contribution in [0, 0.1) is 0 Å². The van der Waals surface area contributed by atoms with Gasteiger partial charge in [-0.3, -0.25) is 4.55 Å². The highest BCUT2D eigenvalue weighted by atomic mass is 32.3. The molecule has 0 aliphatic carbocycles. The molecule has 3 N–H and O–H groups in total. The molecule has 0 heterocycles. The van der Waals surface area contributed by atoms with Crippen LogP contribution in [0.25, 0.3) is 0 Å². The fraction of sp³-hybridized carbons (Fsp3) is 1.00. The maximum Gasteiger partial charge on any atom is 0.414 e. The summed E-state index contributed by atoms with van der Waals surface area (Å²) in [7, 11) is -3.30. The number of nitrogens with two attached hydrogens (primary N) is 1. The lowest BCUT2D eigenvalue weighted by Gasteiger charge is -2.03. The first-order valence-electron chi connectivity index (χ1n) is 1.57. The molecule has 0 aromatic carbocycles. The predicted molar refractivity (Wildman–Crippen MR) is 24.6 cm³/mol. The highest BCUT2D eigenvalue weighted by Gasteiger charge is 2.04. The van der Waals surface area contributed by atoms with Crippen molar-refractivity contribution in [1.29, 1.82) is 0 Å². The first-order valence-corrected chi connectivity index (χ1v) is 2.94. The largest absolute Gasteiger partial charge is 0.414 e. The molecule has 0 amide bonds. The number of nitrogens with zero attached hydrogens (tertiary/aromatic N) is 1. The van der Waals surface area contributed by atoms with E-state index in [0.29, 0.717) is 5.17 Å². The molecule has 6 nitrogen and oxygen atoms in total. The topological polar surface area (TPSA) is 92.9 Å². The molecule has 0 saturated heterocycles. The zero-order chi connectivity index (χ0) is 6.78. The van der Waals surface area contributed by atoms with Crippen molar-refractivity contribution in [2.24, 2.45) is 5.84 Å². The Morgan fingerprint density at radius 1 is 1.75 bits per heavy atom. The van der Waals surface area contributed by atoms with Gasteiger partial charge in [0.15, 0.2) is 0 Å². The van der Waals surface area contributed by atoms with Crippen LogP contribution in [-0.4, -0.2) is 25.2 Å². The second kappa shape index (κ2) is 2.37. The van der Waals surface area contributed by atoms with Crippen LogP contribution < -0.4 is 5.84 Å². The molecule has 8 heavy (non-hydrogen) atoms. The van der Waals surface area contributed by atoms with Crippen LogP contribution in [0.5, 0.6) is 0 Å². The van der Waals surface area contributed by atoms with Crippen molar-refractivity contribution in [1.82, 2.24) is 5.17 Å². The fourth-order valence-corrected chi connectivity index (χ4v) is 0.446. The van der Waals surface area contributed by atoms with E-state index in [4.69, 9.17) is 4.55 Å². The number of rotatable bonds is 2. The number of hydrazine groups is 1. The minimum atomic E-state index is -4.42. The van der Waals surface area contributed by atoms with Crippen LogP contribution in [0.4, 0.5) is 0 Å². The van der Waals surface area contributed by atoms with Gasteiger partial charge in [-0.25, -0.2) is 5.84 Å². The van der Waals surface area contributed by atoms with Crippen LogP contribution in [-0.2, 0) is 14.7 Å². The summed E-state index contributed by atoms with van der Waals surface area (Å²) in [6.07, 6.45) is 0. The van der Waals surface area contributed by atoms with Gasteiger partial charge in [0.05, 0.1) is 0 Å². The van der Waals surface area contributed by atoms with Crippen LogP contribution >= 0.6 is 0 Å². The van der Waals surface area contributed by atoms with Crippen molar-refractivity contribution < 1.29 is 17.3 Å². The number of hydrogen-bond donors (Lipinski definition) is 2. The van der Waals surface area contributed by atoms with Crippen molar-refractivity contribution >= 4 is 10.4 Å². The maximum absolute atomic E-state index is 9.65. The first kappa shape index (κ1) is 7.79. The predicted octanol–water partition coefficient (Wildman–Crippen LogP) is -1.47. The molecular formula is CH6N2O4S. The lowest BCUT2D eigenvalue weighted by Crippen LogP contribution is -2.29. The minimum Gasteiger partial charge on any atom is -0.262 e. The van der Waals surface area contributed by atoms with Gasteiger partial charge < -0.3 is 0 Å². The van der Waals surface area contributed by atoms with Gasteiger partial charge in [-0.2, -0.15) is 8.42 Å². The van der Waals surface area contributed by atoms with Crippen molar-refractivity contribution in [2.45, 2.75) is 0 Å². The van der Waals surface area contributed by atoms with Crippen molar-refractivity contribution in [3.05, 3.63) is 0 Å². The minimum absolute atomic E-state index is 0.370. The van der Waals surface area contributed by atoms with Crippen LogP contribution in [0.15, 0.2) is 0 Å². The van der Waals surface area contributed by atoms with Crippen molar-refractivity contribution in [2.75, 3.05) is 7.05 Å². The fourth-order valence-electron chi connectivity index (χ4n) is 0.149. The Kier molecular flexibility index (Phi) is 2.31. The summed E-state index contributed by atoms with van der Waals surface area (Å²) in [4.78, 5) is 0. The summed E-state index contributed by atoms with van der Waals surface area (Å²) in [5.74, 6) is 4.65. The average Bonchev–Trinajstić information content (AvgIpc) is 1.21. The average molecular weight is 142 g/mol. The molecule has 7 heteroatoms. The van der Waals surface area contributed by atoms with Gasteiger partial charge >= 0.3 is 10.4 Å². The van der Waals surface area contributed by atoms with Crippen LogP contribution in [0.1, 0.15) is 0 Å². The van der Waals surface area contributed by atoms with E-state index in [1.54, 1.807) is 0 Å². The Morgan fingerprint density at radius 3 is 2.12 bits per heavy atom. The van der Waals surface area contributed by atoms with E-state index in [2.05, 4.69) is 10.1 Å². The van der Waals surface area contributed by atoms with Crippen molar-refractivity contribution in [3.8, 4) is 0 Å². The zero-order valence-electron chi connectivity index (χ0n) is 4.10. The molecule has 0 bridgehead atoms. The lowest BCUT2D eigenvalue weighted by molar-refractivity contribution is -0.0362. The van der Waals surface area contributed by atoms with Crippen LogP contribution in [0.2, 0.25) is 0 Å². The molecule has 0 unspecified atom stereocenters. The molecule has 0 spiro atoms. The summed E-state index contributed by atoms with van der Waals surface area (Å²) < 4.78 is 30.7. The maximum atomic E-state index is 9.65. The Bertz CT molecular complexity index is 147. The normalized spacial score (nSPS) is 12.5. The summed E-state index contributed by atoms with van der Waals surface area (Å²) in [6, 6.07) is 0. The quantitative estimate of drug-likeness (QED) is 0.277. The summed E-state index contributed by atoms with van der Waals surface area (Å²) >= 11 is 0. The summed E-state index contributed by atoms with van der Waals surface area (Å²) in [5, 5.41) is 0.370. The molecule has 0 saturated carbocycles.